The second kappa shape index (κ2) is 28.9. The number of hydrogen-bond donors (Lipinski definition) is 1. The third-order valence-electron chi connectivity index (χ3n) is 12.3. The molecule has 4 unspecified atom stereocenters. The Morgan fingerprint density at radius 1 is 0.509 bits per heavy atom. The van der Waals surface area contributed by atoms with Gasteiger partial charge in [-0.3, -0.25) is 0 Å². The van der Waals surface area contributed by atoms with Crippen LogP contribution in [0.2, 0.25) is 0 Å². The monoisotopic (exact) mass is 789 g/mol. The first-order valence-electron chi connectivity index (χ1n) is 23.9. The molecule has 0 saturated heterocycles. The van der Waals surface area contributed by atoms with Gasteiger partial charge >= 0.3 is 324 Å². The summed E-state index contributed by atoms with van der Waals surface area (Å²) < 4.78 is 21.8. The van der Waals surface area contributed by atoms with Crippen LogP contribution < -0.4 is 0 Å². The first-order valence-corrected chi connectivity index (χ1v) is 28.7. The average molecular weight is 789 g/mol. The molecule has 1 N–H and O–H groups in total. The molecule has 0 amide bonds. The molecule has 0 heterocycles. The van der Waals surface area contributed by atoms with Gasteiger partial charge in [-0.25, -0.2) is 0 Å². The Kier molecular flexibility index (Phi) is 29.2. The van der Waals surface area contributed by atoms with Gasteiger partial charge in [0.05, 0.1) is 0 Å². The minimum atomic E-state index is -3.80. The first-order chi connectivity index (χ1) is 24.9. The van der Waals surface area contributed by atoms with Gasteiger partial charge in [-0.15, -0.1) is 0 Å². The number of unbranched alkanes of at least 4 members (excludes halogenated alkanes) is 19. The van der Waals surface area contributed by atoms with Crippen molar-refractivity contribution >= 4 is 14.2 Å². The van der Waals surface area contributed by atoms with Crippen molar-refractivity contribution in [1.29, 1.82) is 0 Å². The third kappa shape index (κ3) is 26.3. The van der Waals surface area contributed by atoms with E-state index in [0.717, 1.165) is 19.3 Å². The van der Waals surface area contributed by atoms with Crippen LogP contribution in [0, 0.1) is 22.7 Å². The summed E-state index contributed by atoms with van der Waals surface area (Å²) in [6.07, 6.45) is 38.5. The average Bonchev–Trinajstić information content (AvgIpc) is 3.03. The summed E-state index contributed by atoms with van der Waals surface area (Å²) in [4.78, 5) is 12.0. The van der Waals surface area contributed by atoms with Crippen LogP contribution in [0.15, 0.2) is 0 Å². The molecule has 4 atom stereocenters. The maximum absolute atomic E-state index is 14.6. The van der Waals surface area contributed by atoms with Crippen LogP contribution in [0.1, 0.15) is 250 Å². The van der Waals surface area contributed by atoms with Crippen LogP contribution in [0.5, 0.6) is 0 Å². The van der Waals surface area contributed by atoms with Gasteiger partial charge in [0.2, 0.25) is 0 Å². The van der Waals surface area contributed by atoms with Crippen molar-refractivity contribution in [2.75, 3.05) is 30.8 Å². The number of hydrogen-bond acceptors (Lipinski definition) is 2. The molecule has 0 aliphatic carbocycles. The van der Waals surface area contributed by atoms with Gasteiger partial charge in [0.15, 0.2) is 0 Å². The fourth-order valence-corrected chi connectivity index (χ4v) is 21.5. The molecule has 53 heavy (non-hydrogen) atoms. The fraction of sp³-hybridized carbons (Fsp3) is 1.00. The van der Waals surface area contributed by atoms with Gasteiger partial charge in [-0.05, 0) is 0 Å². The number of rotatable bonds is 36. The van der Waals surface area contributed by atoms with Crippen LogP contribution in [0.4, 0.5) is 0 Å². The quantitative estimate of drug-likeness (QED) is 0.0508. The molecule has 0 aromatic carbocycles. The SMILES string of the molecule is CCCCCCCCCCCCCC(OP(=O)(O)CC(C)CC(C)(C)C)P(CCCCCC)(CCCCCC)(CCCCCC)CC(C)CC(C)(C)C. The van der Waals surface area contributed by atoms with Crippen molar-refractivity contribution in [3.63, 3.8) is 0 Å². The van der Waals surface area contributed by atoms with Crippen LogP contribution in [0.3, 0.4) is 0 Å². The van der Waals surface area contributed by atoms with Crippen molar-refractivity contribution < 1.29 is 14.0 Å². The van der Waals surface area contributed by atoms with Gasteiger partial charge in [0, 0.05) is 0 Å². The van der Waals surface area contributed by atoms with Crippen LogP contribution in [0.25, 0.3) is 0 Å². The molecule has 0 fully saturated rings. The van der Waals surface area contributed by atoms with E-state index >= 15 is 0 Å². The molecule has 5 heteroatoms. The molecular formula is C48H102O3P2. The van der Waals surface area contributed by atoms with Crippen molar-refractivity contribution in [3.8, 4) is 0 Å². The topological polar surface area (TPSA) is 46.5 Å². The van der Waals surface area contributed by atoms with Gasteiger partial charge in [-0.2, -0.15) is 0 Å². The molecular weight excluding hydrogens is 686 g/mol. The summed E-state index contributed by atoms with van der Waals surface area (Å²) in [6, 6.07) is 0. The van der Waals surface area contributed by atoms with Gasteiger partial charge in [0.1, 0.15) is 0 Å². The Morgan fingerprint density at radius 2 is 0.830 bits per heavy atom. The zero-order chi connectivity index (χ0) is 40.3. The zero-order valence-electron chi connectivity index (χ0n) is 38.8. The maximum atomic E-state index is 14.6. The van der Waals surface area contributed by atoms with Crippen molar-refractivity contribution in [2.24, 2.45) is 22.7 Å². The summed E-state index contributed by atoms with van der Waals surface area (Å²) in [7, 11) is -3.80. The molecule has 0 bridgehead atoms. The Bertz CT molecular complexity index is 869. The van der Waals surface area contributed by atoms with Crippen molar-refractivity contribution in [3.05, 3.63) is 0 Å². The molecule has 0 spiro atoms. The third-order valence-corrected chi connectivity index (χ3v) is 22.3. The van der Waals surface area contributed by atoms with Crippen LogP contribution in [-0.4, -0.2) is 41.5 Å². The molecule has 0 rings (SSSR count). The predicted molar refractivity (Wildman–Crippen MR) is 246 cm³/mol. The van der Waals surface area contributed by atoms with E-state index in [1.807, 2.05) is 0 Å². The molecule has 3 nitrogen and oxygen atoms in total. The van der Waals surface area contributed by atoms with E-state index in [2.05, 4.69) is 83.1 Å². The summed E-state index contributed by atoms with van der Waals surface area (Å²) >= 11 is 0. The van der Waals surface area contributed by atoms with E-state index in [-0.39, 0.29) is 22.6 Å². The van der Waals surface area contributed by atoms with Gasteiger partial charge in [0.25, 0.3) is 0 Å². The standard InChI is InChI=1S/C48H102O3P2/c1-13-17-21-25-26-27-28-29-30-31-32-36-46(51-52(49,50)42-44(5)40-47(7,8)9)53(37-33-22-18-14-2,38-34-23-19-15-3,39-35-24-20-16-4)43-45(6)41-48(10,11)12/h44-46H,13-43H2,1-12H3,(H,49,50). The molecule has 0 radical (unpaired) electrons. The summed E-state index contributed by atoms with van der Waals surface area (Å²) in [5, 5.41) is 0. The van der Waals surface area contributed by atoms with E-state index in [9.17, 15) is 9.46 Å². The van der Waals surface area contributed by atoms with E-state index in [1.165, 1.54) is 172 Å². The Balaban J connectivity index is 6.96. The van der Waals surface area contributed by atoms with E-state index < -0.39 is 14.2 Å². The summed E-state index contributed by atoms with van der Waals surface area (Å²) in [5.74, 6) is 0.722. The Morgan fingerprint density at radius 3 is 1.19 bits per heavy atom. The summed E-state index contributed by atoms with van der Waals surface area (Å²) in [5.41, 5.74) is 0.404. The van der Waals surface area contributed by atoms with E-state index in [0.29, 0.717) is 12.1 Å². The Labute approximate surface area is 336 Å². The minimum absolute atomic E-state index is 0.0375. The van der Waals surface area contributed by atoms with Crippen molar-refractivity contribution in [1.82, 2.24) is 0 Å². The molecule has 0 aliphatic rings. The van der Waals surface area contributed by atoms with Crippen LogP contribution in [-0.2, 0) is 9.09 Å². The second-order valence-electron chi connectivity index (χ2n) is 21.1. The Hall–Kier alpha value is 0.580. The second-order valence-corrected chi connectivity index (χ2v) is 29.3. The van der Waals surface area contributed by atoms with E-state index in [4.69, 9.17) is 4.52 Å². The fourth-order valence-electron chi connectivity index (χ4n) is 10.3. The van der Waals surface area contributed by atoms with Crippen molar-refractivity contribution in [2.45, 2.75) is 256 Å². The first kappa shape index (κ1) is 53.6. The zero-order valence-corrected chi connectivity index (χ0v) is 40.6. The van der Waals surface area contributed by atoms with Gasteiger partial charge < -0.3 is 0 Å². The normalized spacial score (nSPS) is 16.6. The molecule has 322 valence electrons. The molecule has 0 saturated carbocycles. The molecule has 0 aliphatic heterocycles. The molecule has 0 aromatic heterocycles. The summed E-state index contributed by atoms with van der Waals surface area (Å²) in [6.45, 7) is 25.4. The van der Waals surface area contributed by atoms with Gasteiger partial charge in [-0.1, -0.05) is 13.3 Å². The van der Waals surface area contributed by atoms with E-state index in [1.54, 1.807) is 0 Å². The molecule has 0 aromatic rings. The van der Waals surface area contributed by atoms with Crippen LogP contribution >= 0.6 is 14.2 Å². The predicted octanol–water partition coefficient (Wildman–Crippen LogP) is 17.7.